The first-order chi connectivity index (χ1) is 18.1. The van der Waals surface area contributed by atoms with Crippen molar-refractivity contribution in [3.63, 3.8) is 0 Å². The predicted octanol–water partition coefficient (Wildman–Crippen LogP) is 3.99. The lowest BCUT2D eigenvalue weighted by atomic mass is 10.1. The number of methoxy groups -OCH3 is 2. The molecule has 1 aliphatic rings. The van der Waals surface area contributed by atoms with E-state index in [0.29, 0.717) is 17.2 Å². The van der Waals surface area contributed by atoms with E-state index >= 15 is 0 Å². The summed E-state index contributed by atoms with van der Waals surface area (Å²) in [6, 6.07) is 11.0. The maximum atomic E-state index is 13.9. The first-order valence-electron chi connectivity index (χ1n) is 12.6. The maximum absolute atomic E-state index is 13.9. The molecule has 3 rings (SSSR count). The lowest BCUT2D eigenvalue weighted by Gasteiger charge is -2.33. The zero-order valence-electron chi connectivity index (χ0n) is 22.3. The Bertz CT molecular complexity index is 1220. The van der Waals surface area contributed by atoms with E-state index in [1.165, 1.54) is 25.2 Å². The summed E-state index contributed by atoms with van der Waals surface area (Å²) >= 11 is 6.04. The number of anilines is 1. The van der Waals surface area contributed by atoms with Gasteiger partial charge in [-0.15, -0.1) is 0 Å². The van der Waals surface area contributed by atoms with E-state index in [2.05, 4.69) is 5.32 Å². The minimum absolute atomic E-state index is 0.0834. The molecule has 2 aromatic carbocycles. The fraction of sp³-hybridized carbons (Fsp3) is 0.481. The van der Waals surface area contributed by atoms with Crippen molar-refractivity contribution in [3.05, 3.63) is 53.1 Å². The fourth-order valence-electron chi connectivity index (χ4n) is 4.66. The molecule has 38 heavy (non-hydrogen) atoms. The van der Waals surface area contributed by atoms with Crippen LogP contribution in [0.3, 0.4) is 0 Å². The normalized spacial score (nSPS) is 14.6. The smallest absolute Gasteiger partial charge is 0.244 e. The van der Waals surface area contributed by atoms with Gasteiger partial charge in [-0.2, -0.15) is 0 Å². The second kappa shape index (κ2) is 13.2. The van der Waals surface area contributed by atoms with Crippen molar-refractivity contribution in [3.8, 4) is 11.5 Å². The Balaban J connectivity index is 1.96. The zero-order valence-corrected chi connectivity index (χ0v) is 23.8. The number of nitrogens with zero attached hydrogens (tertiary/aromatic N) is 2. The third-order valence-corrected chi connectivity index (χ3v) is 8.07. The molecule has 1 unspecified atom stereocenters. The van der Waals surface area contributed by atoms with Crippen LogP contribution in [-0.4, -0.2) is 64.2 Å². The molecule has 1 aliphatic carbocycles. The van der Waals surface area contributed by atoms with Crippen molar-refractivity contribution < 1.29 is 27.5 Å². The van der Waals surface area contributed by atoms with Gasteiger partial charge < -0.3 is 19.7 Å². The molecule has 1 saturated carbocycles. The van der Waals surface area contributed by atoms with E-state index in [1.807, 2.05) is 6.92 Å². The number of hydrogen-bond acceptors (Lipinski definition) is 6. The van der Waals surface area contributed by atoms with Gasteiger partial charge in [0.05, 0.1) is 26.2 Å². The average molecular weight is 566 g/mol. The van der Waals surface area contributed by atoms with Crippen molar-refractivity contribution in [2.45, 2.75) is 57.7 Å². The maximum Gasteiger partial charge on any atom is 0.244 e. The lowest BCUT2D eigenvalue weighted by molar-refractivity contribution is -0.140. The Kier molecular flexibility index (Phi) is 10.3. The highest BCUT2D eigenvalue weighted by Gasteiger charge is 2.33. The van der Waals surface area contributed by atoms with Gasteiger partial charge in [0, 0.05) is 23.7 Å². The van der Waals surface area contributed by atoms with E-state index in [4.69, 9.17) is 21.1 Å². The Morgan fingerprint density at radius 2 is 1.74 bits per heavy atom. The predicted molar refractivity (Wildman–Crippen MR) is 148 cm³/mol. The minimum atomic E-state index is -3.90. The third-order valence-electron chi connectivity index (χ3n) is 6.69. The van der Waals surface area contributed by atoms with E-state index < -0.39 is 28.5 Å². The number of ether oxygens (including phenoxy) is 2. The standard InChI is InChI=1S/C27H36ClN3O6S/c1-5-23(27(33)29-21-8-6-7-9-21)30(17-19-10-12-20(28)13-11-19)26(32)18-31(38(4,34)35)24-15-14-22(36-2)16-25(24)37-3/h10-16,21,23H,5-9,17-18H2,1-4H3,(H,29,33). The van der Waals surface area contributed by atoms with Crippen molar-refractivity contribution >= 4 is 39.1 Å². The molecule has 2 aromatic rings. The number of amides is 2. The van der Waals surface area contributed by atoms with Crippen LogP contribution in [0.2, 0.25) is 5.02 Å². The molecule has 1 fully saturated rings. The molecule has 0 aromatic heterocycles. The van der Waals surface area contributed by atoms with Gasteiger partial charge in [0.2, 0.25) is 21.8 Å². The van der Waals surface area contributed by atoms with Crippen LogP contribution in [0.4, 0.5) is 5.69 Å². The van der Waals surface area contributed by atoms with Crippen LogP contribution in [0.1, 0.15) is 44.6 Å². The summed E-state index contributed by atoms with van der Waals surface area (Å²) in [5.41, 5.74) is 0.960. The number of hydrogen-bond donors (Lipinski definition) is 1. The first kappa shape index (κ1) is 29.6. The number of halogens is 1. The number of benzene rings is 2. The van der Waals surface area contributed by atoms with Crippen LogP contribution >= 0.6 is 11.6 Å². The molecule has 1 atom stereocenters. The van der Waals surface area contributed by atoms with Gasteiger partial charge in [0.25, 0.3) is 0 Å². The molecular weight excluding hydrogens is 530 g/mol. The molecular formula is C27H36ClN3O6S. The molecule has 0 saturated heterocycles. The van der Waals surface area contributed by atoms with E-state index in [0.717, 1.165) is 41.8 Å². The molecule has 11 heteroatoms. The van der Waals surface area contributed by atoms with Gasteiger partial charge in [-0.25, -0.2) is 8.42 Å². The van der Waals surface area contributed by atoms with E-state index in [1.54, 1.807) is 36.4 Å². The number of carbonyl (C=O) groups excluding carboxylic acids is 2. The van der Waals surface area contributed by atoms with Crippen LogP contribution in [0.25, 0.3) is 0 Å². The van der Waals surface area contributed by atoms with Crippen molar-refractivity contribution in [1.29, 1.82) is 0 Å². The molecule has 0 aliphatic heterocycles. The quantitative estimate of drug-likeness (QED) is 0.417. The molecule has 9 nitrogen and oxygen atoms in total. The SMILES string of the molecule is CCC(C(=O)NC1CCCC1)N(Cc1ccc(Cl)cc1)C(=O)CN(c1ccc(OC)cc1OC)S(C)(=O)=O. The fourth-order valence-corrected chi connectivity index (χ4v) is 5.64. The Hall–Kier alpha value is -2.98. The summed E-state index contributed by atoms with van der Waals surface area (Å²) < 4.78 is 37.4. The topological polar surface area (TPSA) is 105 Å². The number of nitrogens with one attached hydrogen (secondary N) is 1. The molecule has 2 amide bonds. The molecule has 0 radical (unpaired) electrons. The monoisotopic (exact) mass is 565 g/mol. The Morgan fingerprint density at radius 1 is 1.08 bits per heavy atom. The van der Waals surface area contributed by atoms with Crippen LogP contribution in [0.5, 0.6) is 11.5 Å². The lowest BCUT2D eigenvalue weighted by Crippen LogP contribution is -2.53. The summed E-state index contributed by atoms with van der Waals surface area (Å²) in [4.78, 5) is 28.7. The van der Waals surface area contributed by atoms with Crippen LogP contribution in [0, 0.1) is 0 Å². The summed E-state index contributed by atoms with van der Waals surface area (Å²) in [6.07, 6.45) is 5.32. The first-order valence-corrected chi connectivity index (χ1v) is 14.8. The summed E-state index contributed by atoms with van der Waals surface area (Å²) in [7, 11) is -1.00. The average Bonchev–Trinajstić information content (AvgIpc) is 3.40. The van der Waals surface area contributed by atoms with Gasteiger partial charge in [-0.05, 0) is 49.1 Å². The number of sulfonamides is 1. The zero-order chi connectivity index (χ0) is 27.9. The van der Waals surface area contributed by atoms with Crippen molar-refractivity contribution in [1.82, 2.24) is 10.2 Å². The van der Waals surface area contributed by atoms with Crippen molar-refractivity contribution in [2.24, 2.45) is 0 Å². The highest BCUT2D eigenvalue weighted by molar-refractivity contribution is 7.92. The second-order valence-electron chi connectivity index (χ2n) is 9.37. The largest absolute Gasteiger partial charge is 0.497 e. The van der Waals surface area contributed by atoms with Crippen LogP contribution in [0.15, 0.2) is 42.5 Å². The van der Waals surface area contributed by atoms with Crippen LogP contribution < -0.4 is 19.1 Å². The van der Waals surface area contributed by atoms with Gasteiger partial charge in [0.1, 0.15) is 24.1 Å². The number of carbonyl (C=O) groups is 2. The highest BCUT2D eigenvalue weighted by atomic mass is 35.5. The summed E-state index contributed by atoms with van der Waals surface area (Å²) in [5.74, 6) is -0.0477. The highest BCUT2D eigenvalue weighted by Crippen LogP contribution is 2.34. The Morgan fingerprint density at radius 3 is 2.29 bits per heavy atom. The van der Waals surface area contributed by atoms with Gasteiger partial charge >= 0.3 is 0 Å². The molecule has 208 valence electrons. The molecule has 1 N–H and O–H groups in total. The Labute approximate surface area is 230 Å². The third kappa shape index (κ3) is 7.54. The van der Waals surface area contributed by atoms with Gasteiger partial charge in [-0.3, -0.25) is 13.9 Å². The summed E-state index contributed by atoms with van der Waals surface area (Å²) in [6.45, 7) is 1.44. The van der Waals surface area contributed by atoms with Crippen molar-refractivity contribution in [2.75, 3.05) is 31.3 Å². The second-order valence-corrected chi connectivity index (χ2v) is 11.7. The summed E-state index contributed by atoms with van der Waals surface area (Å²) in [5, 5.41) is 3.64. The van der Waals surface area contributed by atoms with Gasteiger partial charge in [0.15, 0.2) is 0 Å². The molecule has 0 heterocycles. The van der Waals surface area contributed by atoms with Gasteiger partial charge in [-0.1, -0.05) is 43.5 Å². The minimum Gasteiger partial charge on any atom is -0.497 e. The van der Waals surface area contributed by atoms with Crippen LogP contribution in [-0.2, 0) is 26.2 Å². The van der Waals surface area contributed by atoms with E-state index in [9.17, 15) is 18.0 Å². The molecule has 0 spiro atoms. The molecule has 0 bridgehead atoms. The van der Waals surface area contributed by atoms with E-state index in [-0.39, 0.29) is 29.9 Å². The number of rotatable bonds is 12.